The van der Waals surface area contributed by atoms with Crippen molar-refractivity contribution < 1.29 is 4.79 Å². The van der Waals surface area contributed by atoms with Gasteiger partial charge in [0.25, 0.3) is 0 Å². The molecule has 0 atom stereocenters. The lowest BCUT2D eigenvalue weighted by Crippen LogP contribution is -2.31. The molecule has 0 spiro atoms. The standard InChI is InChI=1S/C18H26N4O/c1-7-15-16(12-21(5)20-15)19-17(23)22(6)14-10-8-13(9-11-14)18(2,3)4/h8-12H,7H2,1-6H3,(H,19,23). The van der Waals surface area contributed by atoms with Crippen LogP contribution in [0.1, 0.15) is 39.0 Å². The Bertz CT molecular complexity index is 680. The fraction of sp³-hybridized carbons (Fsp3) is 0.444. The van der Waals surface area contributed by atoms with Gasteiger partial charge in [0.1, 0.15) is 0 Å². The van der Waals surface area contributed by atoms with Gasteiger partial charge in [-0.25, -0.2) is 4.79 Å². The van der Waals surface area contributed by atoms with Crippen molar-refractivity contribution in [3.63, 3.8) is 0 Å². The number of nitrogens with one attached hydrogen (secondary N) is 1. The monoisotopic (exact) mass is 314 g/mol. The van der Waals surface area contributed by atoms with Crippen LogP contribution in [0, 0.1) is 0 Å². The van der Waals surface area contributed by atoms with E-state index in [4.69, 9.17) is 0 Å². The summed E-state index contributed by atoms with van der Waals surface area (Å²) in [5.74, 6) is 0. The number of amides is 2. The largest absolute Gasteiger partial charge is 0.326 e. The summed E-state index contributed by atoms with van der Waals surface area (Å²) < 4.78 is 1.71. The van der Waals surface area contributed by atoms with E-state index in [0.29, 0.717) is 0 Å². The molecule has 0 unspecified atom stereocenters. The molecule has 1 heterocycles. The molecule has 0 bridgehead atoms. The summed E-state index contributed by atoms with van der Waals surface area (Å²) in [4.78, 5) is 14.1. The number of aromatic nitrogens is 2. The molecule has 0 radical (unpaired) electrons. The zero-order chi connectivity index (χ0) is 17.2. The molecule has 124 valence electrons. The number of aryl methyl sites for hydroxylation is 2. The quantitative estimate of drug-likeness (QED) is 0.932. The zero-order valence-electron chi connectivity index (χ0n) is 14.8. The van der Waals surface area contributed by atoms with E-state index >= 15 is 0 Å². The topological polar surface area (TPSA) is 50.2 Å². The molecule has 0 saturated carbocycles. The minimum Gasteiger partial charge on any atom is -0.304 e. The van der Waals surface area contributed by atoms with Gasteiger partial charge in [0.15, 0.2) is 0 Å². The summed E-state index contributed by atoms with van der Waals surface area (Å²) in [6, 6.07) is 7.92. The minimum absolute atomic E-state index is 0.102. The van der Waals surface area contributed by atoms with Crippen LogP contribution in [0.15, 0.2) is 30.5 Å². The van der Waals surface area contributed by atoms with Gasteiger partial charge in [-0.3, -0.25) is 9.58 Å². The fourth-order valence-corrected chi connectivity index (χ4v) is 2.40. The second-order valence-electron chi connectivity index (χ2n) is 6.80. The number of urea groups is 1. The van der Waals surface area contributed by atoms with E-state index in [9.17, 15) is 4.79 Å². The normalized spacial score (nSPS) is 11.4. The summed E-state index contributed by atoms with van der Waals surface area (Å²) in [5.41, 5.74) is 3.86. The van der Waals surface area contributed by atoms with E-state index in [0.717, 1.165) is 23.5 Å². The molecule has 2 aromatic rings. The van der Waals surface area contributed by atoms with Crippen molar-refractivity contribution in [2.75, 3.05) is 17.3 Å². The summed E-state index contributed by atoms with van der Waals surface area (Å²) in [5, 5.41) is 7.27. The van der Waals surface area contributed by atoms with Crippen LogP contribution in [0.5, 0.6) is 0 Å². The van der Waals surface area contributed by atoms with Crippen LogP contribution in [0.4, 0.5) is 16.2 Å². The Balaban J connectivity index is 2.13. The Morgan fingerprint density at radius 2 is 1.87 bits per heavy atom. The number of hydrogen-bond acceptors (Lipinski definition) is 2. The molecule has 5 heteroatoms. The Labute approximate surface area is 138 Å². The number of anilines is 2. The van der Waals surface area contributed by atoms with Crippen molar-refractivity contribution in [1.29, 1.82) is 0 Å². The number of carbonyl (C=O) groups excluding carboxylic acids is 1. The Morgan fingerprint density at radius 3 is 2.39 bits per heavy atom. The highest BCUT2D eigenvalue weighted by Crippen LogP contribution is 2.25. The van der Waals surface area contributed by atoms with Crippen molar-refractivity contribution in [1.82, 2.24) is 9.78 Å². The first-order chi connectivity index (χ1) is 10.7. The molecule has 0 fully saturated rings. The summed E-state index contributed by atoms with van der Waals surface area (Å²) in [7, 11) is 3.62. The smallest absolute Gasteiger partial charge is 0.304 e. The second-order valence-corrected chi connectivity index (χ2v) is 6.80. The average Bonchev–Trinajstić information content (AvgIpc) is 2.85. The van der Waals surface area contributed by atoms with Gasteiger partial charge < -0.3 is 5.32 Å². The number of nitrogens with zero attached hydrogens (tertiary/aromatic N) is 3. The number of hydrogen-bond donors (Lipinski definition) is 1. The van der Waals surface area contributed by atoms with Crippen molar-refractivity contribution >= 4 is 17.4 Å². The molecule has 1 N–H and O–H groups in total. The van der Waals surface area contributed by atoms with Gasteiger partial charge in [-0.2, -0.15) is 5.10 Å². The Kier molecular flexibility index (Phi) is 4.78. The second kappa shape index (κ2) is 6.44. The summed E-state index contributed by atoms with van der Waals surface area (Å²) in [6.07, 6.45) is 2.60. The summed E-state index contributed by atoms with van der Waals surface area (Å²) in [6.45, 7) is 8.54. The lowest BCUT2D eigenvalue weighted by molar-refractivity contribution is 0.258. The van der Waals surface area contributed by atoms with Crippen molar-refractivity contribution in [2.24, 2.45) is 7.05 Å². The SMILES string of the molecule is CCc1nn(C)cc1NC(=O)N(C)c1ccc(C(C)(C)C)cc1. The first-order valence-electron chi connectivity index (χ1n) is 7.90. The first-order valence-corrected chi connectivity index (χ1v) is 7.90. The van der Waals surface area contributed by atoms with Crippen LogP contribution in [-0.4, -0.2) is 22.9 Å². The van der Waals surface area contributed by atoms with E-state index in [-0.39, 0.29) is 11.4 Å². The van der Waals surface area contributed by atoms with Crippen LogP contribution in [0.25, 0.3) is 0 Å². The lowest BCUT2D eigenvalue weighted by atomic mass is 9.87. The van der Waals surface area contributed by atoms with Gasteiger partial charge in [-0.05, 0) is 29.5 Å². The van der Waals surface area contributed by atoms with Gasteiger partial charge in [0, 0.05) is 26.0 Å². The molecule has 5 nitrogen and oxygen atoms in total. The molecule has 23 heavy (non-hydrogen) atoms. The number of benzene rings is 1. The van der Waals surface area contributed by atoms with Crippen molar-refractivity contribution in [3.8, 4) is 0 Å². The molecular formula is C18H26N4O. The molecule has 1 aromatic heterocycles. The van der Waals surface area contributed by atoms with Crippen LogP contribution < -0.4 is 10.2 Å². The highest BCUT2D eigenvalue weighted by Gasteiger charge is 2.17. The van der Waals surface area contributed by atoms with Crippen molar-refractivity contribution in [3.05, 3.63) is 41.7 Å². The molecule has 0 aliphatic carbocycles. The number of carbonyl (C=O) groups is 1. The molecular weight excluding hydrogens is 288 g/mol. The maximum Gasteiger partial charge on any atom is 0.326 e. The van der Waals surface area contributed by atoms with E-state index in [2.05, 4.69) is 43.3 Å². The molecule has 2 amide bonds. The fourth-order valence-electron chi connectivity index (χ4n) is 2.40. The Hall–Kier alpha value is -2.30. The maximum atomic E-state index is 12.4. The lowest BCUT2D eigenvalue weighted by Gasteiger charge is -2.22. The zero-order valence-corrected chi connectivity index (χ0v) is 14.8. The molecule has 0 aliphatic heterocycles. The van der Waals surface area contributed by atoms with Crippen LogP contribution in [0.2, 0.25) is 0 Å². The highest BCUT2D eigenvalue weighted by atomic mass is 16.2. The highest BCUT2D eigenvalue weighted by molar-refractivity contribution is 6.01. The third-order valence-electron chi connectivity index (χ3n) is 3.91. The van der Waals surface area contributed by atoms with Gasteiger partial charge in [0.05, 0.1) is 11.4 Å². The molecule has 0 saturated heterocycles. The minimum atomic E-state index is -0.170. The maximum absolute atomic E-state index is 12.4. The average molecular weight is 314 g/mol. The van der Waals surface area contributed by atoms with Gasteiger partial charge in [-0.1, -0.05) is 39.8 Å². The van der Waals surface area contributed by atoms with E-state index in [1.807, 2.05) is 32.3 Å². The van der Waals surface area contributed by atoms with Crippen LogP contribution in [0.3, 0.4) is 0 Å². The van der Waals surface area contributed by atoms with E-state index < -0.39 is 0 Å². The van der Waals surface area contributed by atoms with Crippen LogP contribution >= 0.6 is 0 Å². The molecule has 1 aromatic carbocycles. The predicted molar refractivity (Wildman–Crippen MR) is 95.1 cm³/mol. The molecule has 2 rings (SSSR count). The predicted octanol–water partition coefficient (Wildman–Crippen LogP) is 3.95. The first kappa shape index (κ1) is 17.1. The molecule has 0 aliphatic rings. The third-order valence-corrected chi connectivity index (χ3v) is 3.91. The Morgan fingerprint density at radius 1 is 1.26 bits per heavy atom. The van der Waals surface area contributed by atoms with Gasteiger partial charge >= 0.3 is 6.03 Å². The third kappa shape index (κ3) is 3.92. The van der Waals surface area contributed by atoms with Crippen LogP contribution in [-0.2, 0) is 18.9 Å². The van der Waals surface area contributed by atoms with Gasteiger partial charge in [0.2, 0.25) is 0 Å². The van der Waals surface area contributed by atoms with E-state index in [1.54, 1.807) is 16.6 Å². The van der Waals surface area contributed by atoms with Gasteiger partial charge in [-0.15, -0.1) is 0 Å². The number of rotatable bonds is 3. The van der Waals surface area contributed by atoms with Crippen molar-refractivity contribution in [2.45, 2.75) is 39.5 Å². The van der Waals surface area contributed by atoms with E-state index in [1.165, 1.54) is 5.56 Å². The summed E-state index contributed by atoms with van der Waals surface area (Å²) >= 11 is 0.